The fourth-order valence-corrected chi connectivity index (χ4v) is 4.54. The highest BCUT2D eigenvalue weighted by Gasteiger charge is 2.57. The maximum Gasteiger partial charge on any atom is 0.162 e. The molecule has 0 spiro atoms. The molecule has 1 saturated heterocycles. The summed E-state index contributed by atoms with van der Waals surface area (Å²) in [4.78, 5) is 14.7. The Bertz CT molecular complexity index is 789. The Morgan fingerprint density at radius 2 is 1.88 bits per heavy atom. The molecular weight excluding hydrogens is 349 g/mol. The zero-order chi connectivity index (χ0) is 18.1. The maximum absolute atomic E-state index is 12.9. The summed E-state index contributed by atoms with van der Waals surface area (Å²) in [6, 6.07) is 14.2. The lowest BCUT2D eigenvalue weighted by molar-refractivity contribution is 0.0972. The average molecular weight is 372 g/mol. The fraction of sp³-hybridized carbons (Fsp3) is 0.409. The molecule has 2 nitrogen and oxygen atoms in total. The van der Waals surface area contributed by atoms with Gasteiger partial charge in [0.05, 0.1) is 0 Å². The monoisotopic (exact) mass is 371 g/mol. The Kier molecular flexibility index (Phi) is 4.85. The first-order chi connectivity index (χ1) is 12.6. The third kappa shape index (κ3) is 3.56. The van der Waals surface area contributed by atoms with Crippen molar-refractivity contribution in [2.24, 2.45) is 5.92 Å². The Labute approximate surface area is 159 Å². The van der Waals surface area contributed by atoms with Gasteiger partial charge in [-0.2, -0.15) is 0 Å². The van der Waals surface area contributed by atoms with Crippen molar-refractivity contribution >= 4 is 17.4 Å². The number of rotatable bonds is 6. The molecule has 4 heteroatoms. The lowest BCUT2D eigenvalue weighted by atomic mass is 9.87. The van der Waals surface area contributed by atoms with Gasteiger partial charge in [0.1, 0.15) is 5.82 Å². The van der Waals surface area contributed by atoms with Crippen LogP contribution in [0.25, 0.3) is 0 Å². The van der Waals surface area contributed by atoms with E-state index < -0.39 is 0 Å². The van der Waals surface area contributed by atoms with E-state index in [1.54, 1.807) is 12.1 Å². The van der Waals surface area contributed by atoms with Crippen molar-refractivity contribution in [3.8, 4) is 0 Å². The SMILES string of the molecule is O=C(CCCN1CCC2(c3ccc(Cl)cc3)CC2C1)c1ccc(F)cc1. The van der Waals surface area contributed by atoms with Gasteiger partial charge >= 0.3 is 0 Å². The minimum Gasteiger partial charge on any atom is -0.303 e. The van der Waals surface area contributed by atoms with Crippen LogP contribution in [0.2, 0.25) is 5.02 Å². The van der Waals surface area contributed by atoms with Gasteiger partial charge in [-0.15, -0.1) is 0 Å². The predicted molar refractivity (Wildman–Crippen MR) is 102 cm³/mol. The van der Waals surface area contributed by atoms with Crippen LogP contribution in [0.3, 0.4) is 0 Å². The summed E-state index contributed by atoms with van der Waals surface area (Å²) in [5, 5.41) is 0.797. The van der Waals surface area contributed by atoms with E-state index in [-0.39, 0.29) is 11.6 Å². The number of halogens is 2. The van der Waals surface area contributed by atoms with E-state index in [0.717, 1.165) is 37.0 Å². The Morgan fingerprint density at radius 1 is 1.15 bits per heavy atom. The van der Waals surface area contributed by atoms with E-state index in [9.17, 15) is 9.18 Å². The molecule has 2 unspecified atom stereocenters. The third-order valence-corrected chi connectivity index (χ3v) is 6.30. The van der Waals surface area contributed by atoms with Crippen molar-refractivity contribution < 1.29 is 9.18 Å². The third-order valence-electron chi connectivity index (χ3n) is 6.05. The van der Waals surface area contributed by atoms with Gasteiger partial charge in [-0.3, -0.25) is 4.79 Å². The fourth-order valence-electron chi connectivity index (χ4n) is 4.41. The van der Waals surface area contributed by atoms with Crippen molar-refractivity contribution in [2.75, 3.05) is 19.6 Å². The van der Waals surface area contributed by atoms with Crippen LogP contribution < -0.4 is 0 Å². The van der Waals surface area contributed by atoms with Gasteiger partial charge in [0.25, 0.3) is 0 Å². The Morgan fingerprint density at radius 3 is 2.58 bits per heavy atom. The van der Waals surface area contributed by atoms with Gasteiger partial charge in [-0.1, -0.05) is 23.7 Å². The normalized spacial score (nSPS) is 24.9. The molecule has 2 aromatic rings. The van der Waals surface area contributed by atoms with E-state index in [0.29, 0.717) is 17.4 Å². The van der Waals surface area contributed by atoms with Crippen molar-refractivity contribution in [3.05, 3.63) is 70.5 Å². The molecule has 0 amide bonds. The number of nitrogens with zero attached hydrogens (tertiary/aromatic N) is 1. The largest absolute Gasteiger partial charge is 0.303 e. The lowest BCUT2D eigenvalue weighted by Crippen LogP contribution is -2.37. The van der Waals surface area contributed by atoms with E-state index in [4.69, 9.17) is 11.6 Å². The molecule has 2 aliphatic rings. The molecule has 1 aliphatic heterocycles. The Hall–Kier alpha value is -1.71. The summed E-state index contributed by atoms with van der Waals surface area (Å²) in [5.74, 6) is 0.526. The molecule has 2 atom stereocenters. The van der Waals surface area contributed by atoms with Crippen molar-refractivity contribution in [1.29, 1.82) is 0 Å². The highest BCUT2D eigenvalue weighted by atomic mass is 35.5. The van der Waals surface area contributed by atoms with Crippen LogP contribution in [0.4, 0.5) is 4.39 Å². The number of carbonyl (C=O) groups excluding carboxylic acids is 1. The summed E-state index contributed by atoms with van der Waals surface area (Å²) in [6.07, 6.45) is 3.83. The van der Waals surface area contributed by atoms with Crippen molar-refractivity contribution in [3.63, 3.8) is 0 Å². The van der Waals surface area contributed by atoms with Crippen LogP contribution in [0.1, 0.15) is 41.6 Å². The topological polar surface area (TPSA) is 20.3 Å². The van der Waals surface area contributed by atoms with Crippen LogP contribution >= 0.6 is 11.6 Å². The summed E-state index contributed by atoms with van der Waals surface area (Å²) in [5.41, 5.74) is 2.40. The van der Waals surface area contributed by atoms with E-state index in [1.807, 2.05) is 12.1 Å². The number of likely N-dealkylation sites (tertiary alicyclic amines) is 1. The number of benzene rings is 2. The quantitative estimate of drug-likeness (QED) is 0.658. The predicted octanol–water partition coefficient (Wildman–Crippen LogP) is 5.11. The van der Waals surface area contributed by atoms with Gasteiger partial charge in [0, 0.05) is 29.0 Å². The highest BCUT2D eigenvalue weighted by molar-refractivity contribution is 6.30. The molecule has 1 saturated carbocycles. The summed E-state index contributed by atoms with van der Waals surface area (Å²) < 4.78 is 12.9. The molecule has 4 rings (SSSR count). The molecule has 0 bridgehead atoms. The minimum absolute atomic E-state index is 0.101. The second kappa shape index (κ2) is 7.13. The van der Waals surface area contributed by atoms with Crippen LogP contribution in [0.15, 0.2) is 48.5 Å². The smallest absolute Gasteiger partial charge is 0.162 e. The standard InChI is InChI=1S/C22H23ClFNO/c23-19-7-5-17(6-8-19)22-11-13-25(15-18(22)14-22)12-1-2-21(26)16-3-9-20(24)10-4-16/h3-10,18H,1-2,11-15H2. The number of fused-ring (bicyclic) bond motifs is 1. The van der Waals surface area contributed by atoms with Gasteiger partial charge in [0.15, 0.2) is 5.78 Å². The number of Topliss-reactive ketones (excluding diaryl/α,β-unsaturated/α-hetero) is 1. The number of ketones is 1. The summed E-state index contributed by atoms with van der Waals surface area (Å²) in [6.45, 7) is 3.16. The molecule has 136 valence electrons. The zero-order valence-electron chi connectivity index (χ0n) is 14.8. The first kappa shape index (κ1) is 17.7. The summed E-state index contributed by atoms with van der Waals surface area (Å²) in [7, 11) is 0. The van der Waals surface area contributed by atoms with Crippen molar-refractivity contribution in [2.45, 2.75) is 31.1 Å². The second-order valence-corrected chi connectivity index (χ2v) is 8.08. The molecule has 0 aromatic heterocycles. The van der Waals surface area contributed by atoms with Crippen LogP contribution in [-0.2, 0) is 5.41 Å². The number of hydrogen-bond acceptors (Lipinski definition) is 2. The van der Waals surface area contributed by atoms with Gasteiger partial charge < -0.3 is 4.90 Å². The molecular formula is C22H23ClFNO. The minimum atomic E-state index is -0.302. The molecule has 0 radical (unpaired) electrons. The molecule has 1 heterocycles. The molecule has 26 heavy (non-hydrogen) atoms. The van der Waals surface area contributed by atoms with E-state index in [1.165, 1.54) is 30.5 Å². The van der Waals surface area contributed by atoms with Gasteiger partial charge in [-0.05, 0) is 80.2 Å². The van der Waals surface area contributed by atoms with Crippen molar-refractivity contribution in [1.82, 2.24) is 4.90 Å². The van der Waals surface area contributed by atoms with Crippen LogP contribution in [0, 0.1) is 11.7 Å². The van der Waals surface area contributed by atoms with E-state index in [2.05, 4.69) is 17.0 Å². The molecule has 2 aromatic carbocycles. The lowest BCUT2D eigenvalue weighted by Gasteiger charge is -2.32. The molecule has 2 fully saturated rings. The average Bonchev–Trinajstić information content (AvgIpc) is 3.37. The second-order valence-electron chi connectivity index (χ2n) is 7.65. The molecule has 1 aliphatic carbocycles. The molecule has 0 N–H and O–H groups in total. The highest BCUT2D eigenvalue weighted by Crippen LogP contribution is 2.59. The maximum atomic E-state index is 12.9. The first-order valence-electron chi connectivity index (χ1n) is 9.34. The number of piperidine rings is 1. The Balaban J connectivity index is 1.25. The van der Waals surface area contributed by atoms with Crippen LogP contribution in [-0.4, -0.2) is 30.3 Å². The zero-order valence-corrected chi connectivity index (χ0v) is 15.5. The van der Waals surface area contributed by atoms with Crippen LogP contribution in [0.5, 0.6) is 0 Å². The summed E-state index contributed by atoms with van der Waals surface area (Å²) >= 11 is 6.01. The van der Waals surface area contributed by atoms with E-state index >= 15 is 0 Å². The van der Waals surface area contributed by atoms with Gasteiger partial charge in [-0.25, -0.2) is 4.39 Å². The number of hydrogen-bond donors (Lipinski definition) is 0. The number of carbonyl (C=O) groups is 1. The first-order valence-corrected chi connectivity index (χ1v) is 9.72. The van der Waals surface area contributed by atoms with Gasteiger partial charge in [0.2, 0.25) is 0 Å².